The average Bonchev–Trinajstić information content (AvgIpc) is 2.95. The molecule has 0 bridgehead atoms. The number of nitrogens with zero attached hydrogens (tertiary/aromatic N) is 1. The number of alkyl halides is 3. The summed E-state index contributed by atoms with van der Waals surface area (Å²) in [5.41, 5.74) is 5.94. The van der Waals surface area contributed by atoms with Crippen molar-refractivity contribution in [3.8, 4) is 0 Å². The van der Waals surface area contributed by atoms with E-state index >= 15 is 0 Å². The molecule has 1 aliphatic heterocycles. The molecule has 7 nitrogen and oxygen atoms in total. The molecule has 11 heteroatoms. The molecule has 1 fully saturated rings. The first-order chi connectivity index (χ1) is 10.6. The number of halogens is 3. The molecule has 1 amide bonds. The topological polar surface area (TPSA) is 102 Å². The molecular formula is C12H14F3N3O4S. The summed E-state index contributed by atoms with van der Waals surface area (Å²) in [7, 11) is -4.44. The van der Waals surface area contributed by atoms with E-state index in [-0.39, 0.29) is 18.7 Å². The van der Waals surface area contributed by atoms with Crippen molar-refractivity contribution in [1.82, 2.24) is 9.19 Å². The highest BCUT2D eigenvalue weighted by Gasteiger charge is 2.37. The van der Waals surface area contributed by atoms with Crippen LogP contribution >= 0.6 is 0 Å². The van der Waals surface area contributed by atoms with E-state index in [1.54, 1.807) is 18.2 Å². The Kier molecular flexibility index (Phi) is 4.94. The maximum atomic E-state index is 12.1. The average molecular weight is 353 g/mol. The summed E-state index contributed by atoms with van der Waals surface area (Å²) >= 11 is 0. The third kappa shape index (κ3) is 4.41. The minimum Gasteiger partial charge on any atom is -0.366 e. The van der Waals surface area contributed by atoms with E-state index in [9.17, 15) is 26.4 Å². The minimum atomic E-state index is -4.68. The van der Waals surface area contributed by atoms with Gasteiger partial charge in [-0.25, -0.2) is 0 Å². The predicted octanol–water partition coefficient (Wildman–Crippen LogP) is 0.513. The molecule has 1 aromatic carbocycles. The summed E-state index contributed by atoms with van der Waals surface area (Å²) in [6, 6.07) is 6.31. The normalized spacial score (nSPS) is 19.9. The Balaban J connectivity index is 2.11. The smallest absolute Gasteiger partial charge is 0.366 e. The van der Waals surface area contributed by atoms with Crippen LogP contribution in [0.2, 0.25) is 0 Å². The summed E-state index contributed by atoms with van der Waals surface area (Å²) in [4.78, 5) is 16.3. The van der Waals surface area contributed by atoms with E-state index in [4.69, 9.17) is 10.6 Å². The second-order valence-electron chi connectivity index (χ2n) is 4.87. The highest BCUT2D eigenvalue weighted by Crippen LogP contribution is 2.28. The number of rotatable bonds is 5. The quantitative estimate of drug-likeness (QED) is 0.805. The zero-order valence-electron chi connectivity index (χ0n) is 11.7. The lowest BCUT2D eigenvalue weighted by Gasteiger charge is -2.16. The maximum absolute atomic E-state index is 12.1. The number of carbonyl (C=O) groups is 1. The van der Waals surface area contributed by atoms with E-state index in [1.165, 1.54) is 10.8 Å². The van der Waals surface area contributed by atoms with Crippen LogP contribution in [0.3, 0.4) is 0 Å². The van der Waals surface area contributed by atoms with E-state index < -0.39 is 34.8 Å². The second kappa shape index (κ2) is 6.43. The van der Waals surface area contributed by atoms with Crippen molar-refractivity contribution in [2.24, 2.45) is 5.73 Å². The van der Waals surface area contributed by atoms with Gasteiger partial charge in [0, 0.05) is 11.5 Å². The number of hydrogen-bond acceptors (Lipinski definition) is 4. The van der Waals surface area contributed by atoms with Crippen LogP contribution in [-0.4, -0.2) is 44.7 Å². The molecule has 1 aromatic rings. The maximum Gasteiger partial charge on any atom is 0.402 e. The first kappa shape index (κ1) is 17.7. The van der Waals surface area contributed by atoms with Gasteiger partial charge in [-0.1, -0.05) is 22.7 Å². The first-order valence-corrected chi connectivity index (χ1v) is 7.90. The van der Waals surface area contributed by atoms with Crippen molar-refractivity contribution in [3.05, 3.63) is 35.4 Å². The number of nitrogens with two attached hydrogens (primary N) is 1. The Bertz CT molecular complexity index is 693. The highest BCUT2D eigenvalue weighted by atomic mass is 32.2. The Morgan fingerprint density at radius 2 is 2.04 bits per heavy atom. The lowest BCUT2D eigenvalue weighted by Crippen LogP contribution is -2.42. The van der Waals surface area contributed by atoms with E-state index in [0.29, 0.717) is 10.0 Å². The van der Waals surface area contributed by atoms with Crippen molar-refractivity contribution in [2.75, 3.05) is 19.7 Å². The van der Waals surface area contributed by atoms with Crippen molar-refractivity contribution < 1.29 is 31.2 Å². The van der Waals surface area contributed by atoms with Gasteiger partial charge in [-0.05, 0) is 11.6 Å². The fourth-order valence-electron chi connectivity index (χ4n) is 2.14. The molecular weight excluding hydrogens is 339 g/mol. The van der Waals surface area contributed by atoms with Gasteiger partial charge in [0.15, 0.2) is 0 Å². The number of primary amides is 1. The third-order valence-corrected chi connectivity index (χ3v) is 4.48. The van der Waals surface area contributed by atoms with Crippen molar-refractivity contribution in [3.63, 3.8) is 0 Å². The van der Waals surface area contributed by atoms with Gasteiger partial charge in [0.2, 0.25) is 5.91 Å². The number of amides is 1. The molecule has 3 N–H and O–H groups in total. The highest BCUT2D eigenvalue weighted by molar-refractivity contribution is 7.87. The van der Waals surface area contributed by atoms with Gasteiger partial charge >= 0.3 is 16.4 Å². The zero-order valence-corrected chi connectivity index (χ0v) is 12.5. The molecule has 0 spiro atoms. The number of nitrogens with one attached hydrogen (secondary N) is 1. The van der Waals surface area contributed by atoms with E-state index in [0.717, 1.165) is 0 Å². The molecule has 128 valence electrons. The molecule has 0 unspecified atom stereocenters. The lowest BCUT2D eigenvalue weighted by atomic mass is 9.95. The van der Waals surface area contributed by atoms with Gasteiger partial charge in [-0.3, -0.25) is 9.63 Å². The van der Waals surface area contributed by atoms with Crippen molar-refractivity contribution in [1.29, 1.82) is 0 Å². The summed E-state index contributed by atoms with van der Waals surface area (Å²) < 4.78 is 61.8. The number of hydrogen-bond donors (Lipinski definition) is 2. The summed E-state index contributed by atoms with van der Waals surface area (Å²) in [6.45, 7) is -2.02. The predicted molar refractivity (Wildman–Crippen MR) is 73.3 cm³/mol. The number of benzene rings is 1. The minimum absolute atomic E-state index is 0.1000. The van der Waals surface area contributed by atoms with Crippen LogP contribution < -0.4 is 10.5 Å². The van der Waals surface area contributed by atoms with Crippen LogP contribution in [0.5, 0.6) is 0 Å². The second-order valence-corrected chi connectivity index (χ2v) is 6.52. The van der Waals surface area contributed by atoms with Crippen molar-refractivity contribution >= 4 is 16.1 Å². The van der Waals surface area contributed by atoms with Gasteiger partial charge in [-0.2, -0.15) is 26.3 Å². The molecule has 0 aliphatic carbocycles. The Morgan fingerprint density at radius 3 is 2.65 bits per heavy atom. The van der Waals surface area contributed by atoms with E-state index in [2.05, 4.69) is 0 Å². The largest absolute Gasteiger partial charge is 0.402 e. The van der Waals surface area contributed by atoms with Gasteiger partial charge in [-0.15, -0.1) is 0 Å². The standard InChI is InChI=1S/C12H14F3N3O4S/c13-12(14,15)7-17-23(20,21)18-5-8(6-22-18)9-3-1-2-4-10(9)11(16)19/h1-4,8,17H,5-7H2,(H2,16,19)/t8-/m1/s1. The zero-order chi connectivity index (χ0) is 17.3. The summed E-state index contributed by atoms with van der Waals surface area (Å²) in [6.07, 6.45) is -4.68. The molecule has 0 radical (unpaired) electrons. The SMILES string of the molecule is NC(=O)c1ccccc1[C@H]1CON(S(=O)(=O)NCC(F)(F)F)C1. The molecule has 1 atom stereocenters. The van der Waals surface area contributed by atoms with Crippen LogP contribution in [-0.2, 0) is 15.0 Å². The molecule has 1 saturated heterocycles. The Labute approximate surface area is 130 Å². The first-order valence-electron chi connectivity index (χ1n) is 6.46. The van der Waals surface area contributed by atoms with Crippen LogP contribution in [0, 0.1) is 0 Å². The van der Waals surface area contributed by atoms with Crippen LogP contribution in [0.15, 0.2) is 24.3 Å². The molecule has 0 aromatic heterocycles. The van der Waals surface area contributed by atoms with E-state index in [1.807, 2.05) is 0 Å². The fourth-order valence-corrected chi connectivity index (χ4v) is 3.20. The fraction of sp³-hybridized carbons (Fsp3) is 0.417. The Morgan fingerprint density at radius 1 is 1.39 bits per heavy atom. The molecule has 1 heterocycles. The monoisotopic (exact) mass is 353 g/mol. The molecule has 1 aliphatic rings. The molecule has 0 saturated carbocycles. The van der Waals surface area contributed by atoms with Crippen LogP contribution in [0.25, 0.3) is 0 Å². The molecule has 23 heavy (non-hydrogen) atoms. The van der Waals surface area contributed by atoms with Gasteiger partial charge in [0.1, 0.15) is 6.54 Å². The Hall–Kier alpha value is -1.69. The summed E-state index contributed by atoms with van der Waals surface area (Å²) in [5.74, 6) is -1.20. The van der Waals surface area contributed by atoms with Crippen LogP contribution in [0.1, 0.15) is 21.8 Å². The van der Waals surface area contributed by atoms with Gasteiger partial charge < -0.3 is 5.73 Å². The van der Waals surface area contributed by atoms with Gasteiger partial charge in [0.25, 0.3) is 0 Å². The number of hydroxylamine groups is 1. The third-order valence-electron chi connectivity index (χ3n) is 3.18. The van der Waals surface area contributed by atoms with Crippen LogP contribution in [0.4, 0.5) is 13.2 Å². The summed E-state index contributed by atoms with van der Waals surface area (Å²) in [5, 5.41) is 0. The molecule has 2 rings (SSSR count). The van der Waals surface area contributed by atoms with Gasteiger partial charge in [0.05, 0.1) is 13.2 Å². The lowest BCUT2D eigenvalue weighted by molar-refractivity contribution is -0.122. The number of carbonyl (C=O) groups excluding carboxylic acids is 1. The van der Waals surface area contributed by atoms with Crippen molar-refractivity contribution in [2.45, 2.75) is 12.1 Å².